The monoisotopic (exact) mass is 320 g/mol. The van der Waals surface area contributed by atoms with E-state index in [2.05, 4.69) is 72.6 Å². The molecule has 24 heavy (non-hydrogen) atoms. The number of aryl methyl sites for hydroxylation is 6. The summed E-state index contributed by atoms with van der Waals surface area (Å²) in [5.41, 5.74) is 11.3. The van der Waals surface area contributed by atoms with Gasteiger partial charge in [0.25, 0.3) is 0 Å². The first-order chi connectivity index (χ1) is 11.2. The third-order valence-corrected chi connectivity index (χ3v) is 4.68. The quantitative estimate of drug-likeness (QED) is 0.516. The van der Waals surface area contributed by atoms with Crippen molar-refractivity contribution in [3.8, 4) is 0 Å². The molecule has 1 heteroatoms. The number of rotatable bonds is 2. The van der Waals surface area contributed by atoms with Crippen molar-refractivity contribution >= 4 is 17.6 Å². The highest BCUT2D eigenvalue weighted by Crippen LogP contribution is 2.12. The van der Waals surface area contributed by atoms with Crippen LogP contribution < -0.4 is 10.9 Å². The minimum Gasteiger partial charge on any atom is -0.0919 e. The van der Waals surface area contributed by atoms with Crippen LogP contribution in [0.1, 0.15) is 47.2 Å². The number of hydrogen-bond acceptors (Lipinski definition) is 0. The largest absolute Gasteiger partial charge is 0.207 e. The highest BCUT2D eigenvalue weighted by molar-refractivity contribution is 6.85. The van der Waals surface area contributed by atoms with Crippen LogP contribution in [-0.2, 0) is 0 Å². The Hall–Kier alpha value is -1.76. The SMILES string of the molecule is C/C=C\C.CB(c1c(C)cc(C)cc1C)c1c(C)cc(C)cc1C. The van der Waals surface area contributed by atoms with Crippen molar-refractivity contribution in [2.75, 3.05) is 0 Å². The molecule has 0 aliphatic carbocycles. The smallest absolute Gasteiger partial charge is 0.0919 e. The maximum atomic E-state index is 2.34. The lowest BCUT2D eigenvalue weighted by atomic mass is 9.39. The molecule has 0 bridgehead atoms. The molecule has 0 amide bonds. The van der Waals surface area contributed by atoms with Crippen LogP contribution in [0.4, 0.5) is 0 Å². The lowest BCUT2D eigenvalue weighted by molar-refractivity contribution is 1.33. The molecule has 0 N–H and O–H groups in total. The molecule has 0 aromatic heterocycles. The van der Waals surface area contributed by atoms with E-state index in [0.717, 1.165) is 0 Å². The summed E-state index contributed by atoms with van der Waals surface area (Å²) in [7, 11) is 0. The Morgan fingerprint density at radius 1 is 0.583 bits per heavy atom. The fourth-order valence-corrected chi connectivity index (χ4v) is 3.89. The molecular formula is C23H33B. The number of benzene rings is 2. The standard InChI is InChI=1S/C19H25B.C4H8/c1-12-8-14(3)18(15(4)9-12)20(7)19-16(5)10-13(2)11-17(19)6;1-3-4-2/h8-11H,1-7H3;3-4H,1-2H3/b;4-3-. The average Bonchev–Trinajstić information content (AvgIpc) is 2.45. The van der Waals surface area contributed by atoms with Gasteiger partial charge in [-0.1, -0.05) is 87.5 Å². The summed E-state index contributed by atoms with van der Waals surface area (Å²) in [5.74, 6) is 0. The minimum atomic E-state index is 0.455. The van der Waals surface area contributed by atoms with Crippen molar-refractivity contribution in [2.24, 2.45) is 0 Å². The third-order valence-electron chi connectivity index (χ3n) is 4.68. The van der Waals surface area contributed by atoms with Crippen LogP contribution in [0.2, 0.25) is 6.82 Å². The summed E-state index contributed by atoms with van der Waals surface area (Å²) in [6.07, 6.45) is 4.00. The second kappa shape index (κ2) is 8.92. The summed E-state index contributed by atoms with van der Waals surface area (Å²) in [5, 5.41) is 0. The van der Waals surface area contributed by atoms with E-state index in [4.69, 9.17) is 0 Å². The Balaban J connectivity index is 0.000000648. The number of hydrogen-bond donors (Lipinski definition) is 0. The average molecular weight is 320 g/mol. The Labute approximate surface area is 150 Å². The van der Waals surface area contributed by atoms with Crippen molar-refractivity contribution in [3.63, 3.8) is 0 Å². The first kappa shape index (κ1) is 20.3. The second-order valence-corrected chi connectivity index (χ2v) is 7.01. The first-order valence-corrected chi connectivity index (χ1v) is 8.95. The van der Waals surface area contributed by atoms with Gasteiger partial charge in [-0.3, -0.25) is 0 Å². The predicted molar refractivity (Wildman–Crippen MR) is 113 cm³/mol. The first-order valence-electron chi connectivity index (χ1n) is 8.95. The molecule has 0 heterocycles. The van der Waals surface area contributed by atoms with Gasteiger partial charge >= 0.3 is 0 Å². The Bertz CT molecular complexity index is 615. The van der Waals surface area contributed by atoms with Gasteiger partial charge in [-0.2, -0.15) is 0 Å². The fourth-order valence-electron chi connectivity index (χ4n) is 3.89. The number of allylic oxidation sites excluding steroid dienone is 2. The van der Waals surface area contributed by atoms with E-state index in [9.17, 15) is 0 Å². The van der Waals surface area contributed by atoms with Gasteiger partial charge in [0.15, 0.2) is 0 Å². The maximum Gasteiger partial charge on any atom is 0.207 e. The zero-order valence-corrected chi connectivity index (χ0v) is 17.0. The van der Waals surface area contributed by atoms with Crippen molar-refractivity contribution in [1.29, 1.82) is 0 Å². The predicted octanol–water partition coefficient (Wildman–Crippen LogP) is 5.36. The molecule has 0 atom stereocenters. The van der Waals surface area contributed by atoms with Crippen LogP contribution in [-0.4, -0.2) is 6.71 Å². The molecule has 0 saturated carbocycles. The van der Waals surface area contributed by atoms with Crippen LogP contribution in [0.5, 0.6) is 0 Å². The molecule has 0 nitrogen and oxygen atoms in total. The summed E-state index contributed by atoms with van der Waals surface area (Å²) in [6, 6.07) is 9.21. The normalized spacial score (nSPS) is 10.5. The lowest BCUT2D eigenvalue weighted by Gasteiger charge is -2.21. The third kappa shape index (κ3) is 4.87. The van der Waals surface area contributed by atoms with E-state index in [1.807, 2.05) is 26.0 Å². The Kier molecular flexibility index (Phi) is 7.54. The van der Waals surface area contributed by atoms with E-state index in [-0.39, 0.29) is 0 Å². The van der Waals surface area contributed by atoms with Crippen LogP contribution >= 0.6 is 0 Å². The molecular weight excluding hydrogens is 287 g/mol. The summed E-state index contributed by atoms with van der Waals surface area (Å²) in [6.45, 7) is 20.1. The van der Waals surface area contributed by atoms with Crippen molar-refractivity contribution in [1.82, 2.24) is 0 Å². The Morgan fingerprint density at radius 3 is 1.04 bits per heavy atom. The summed E-state index contributed by atoms with van der Waals surface area (Å²) >= 11 is 0. The van der Waals surface area contributed by atoms with Crippen molar-refractivity contribution in [2.45, 2.75) is 62.2 Å². The molecule has 0 unspecified atom stereocenters. The highest BCUT2D eigenvalue weighted by atomic mass is 14.1. The van der Waals surface area contributed by atoms with Crippen molar-refractivity contribution in [3.05, 3.63) is 69.8 Å². The maximum absolute atomic E-state index is 2.34. The highest BCUT2D eigenvalue weighted by Gasteiger charge is 2.21. The van der Waals surface area contributed by atoms with Gasteiger partial charge in [-0.15, -0.1) is 0 Å². The molecule has 0 saturated heterocycles. The molecule has 2 rings (SSSR count). The van der Waals surface area contributed by atoms with Crippen LogP contribution in [0.15, 0.2) is 36.4 Å². The van der Waals surface area contributed by atoms with Crippen LogP contribution in [0.25, 0.3) is 0 Å². The van der Waals surface area contributed by atoms with Crippen LogP contribution in [0.3, 0.4) is 0 Å². The second-order valence-electron chi connectivity index (χ2n) is 7.01. The minimum absolute atomic E-state index is 0.455. The molecule has 0 radical (unpaired) electrons. The summed E-state index contributed by atoms with van der Waals surface area (Å²) in [4.78, 5) is 0. The Morgan fingerprint density at radius 2 is 0.833 bits per heavy atom. The fraction of sp³-hybridized carbons (Fsp3) is 0.391. The molecule has 2 aromatic carbocycles. The van der Waals surface area contributed by atoms with E-state index in [0.29, 0.717) is 6.71 Å². The molecule has 0 aliphatic rings. The van der Waals surface area contributed by atoms with Gasteiger partial charge in [0.05, 0.1) is 0 Å². The van der Waals surface area contributed by atoms with Crippen LogP contribution in [0, 0.1) is 41.5 Å². The van der Waals surface area contributed by atoms with Gasteiger partial charge < -0.3 is 0 Å². The zero-order valence-electron chi connectivity index (χ0n) is 17.0. The van der Waals surface area contributed by atoms with Crippen molar-refractivity contribution < 1.29 is 0 Å². The van der Waals surface area contributed by atoms with Gasteiger partial charge in [-0.25, -0.2) is 0 Å². The lowest BCUT2D eigenvalue weighted by Crippen LogP contribution is -2.45. The van der Waals surface area contributed by atoms with Gasteiger partial charge in [0, 0.05) is 0 Å². The van der Waals surface area contributed by atoms with Gasteiger partial charge in [-0.05, 0) is 55.4 Å². The van der Waals surface area contributed by atoms with Gasteiger partial charge in [0.2, 0.25) is 6.71 Å². The topological polar surface area (TPSA) is 0 Å². The molecule has 0 fully saturated rings. The zero-order chi connectivity index (χ0) is 18.4. The summed E-state index contributed by atoms with van der Waals surface area (Å²) < 4.78 is 0. The van der Waals surface area contributed by atoms with Gasteiger partial charge in [0.1, 0.15) is 0 Å². The van der Waals surface area contributed by atoms with E-state index >= 15 is 0 Å². The van der Waals surface area contributed by atoms with E-state index < -0.39 is 0 Å². The molecule has 0 aliphatic heterocycles. The van der Waals surface area contributed by atoms with E-state index in [1.54, 1.807) is 0 Å². The van der Waals surface area contributed by atoms with E-state index in [1.165, 1.54) is 44.3 Å². The molecule has 0 spiro atoms. The molecule has 128 valence electrons. The molecule has 2 aromatic rings.